The predicted octanol–water partition coefficient (Wildman–Crippen LogP) is 1.87. The molecule has 1 aromatic carbocycles. The van der Waals surface area contributed by atoms with Crippen molar-refractivity contribution in [1.82, 2.24) is 4.90 Å². The molecular weight excluding hydrogens is 207 g/mol. The van der Waals surface area contributed by atoms with Crippen molar-refractivity contribution < 1.29 is 9.13 Å². The van der Waals surface area contributed by atoms with Gasteiger partial charge in [0, 0.05) is 30.9 Å². The van der Waals surface area contributed by atoms with E-state index in [0.29, 0.717) is 24.4 Å². The maximum atomic E-state index is 13.5. The molecule has 3 nitrogen and oxygen atoms in total. The van der Waals surface area contributed by atoms with Gasteiger partial charge in [0.2, 0.25) is 0 Å². The van der Waals surface area contributed by atoms with E-state index in [1.54, 1.807) is 19.2 Å². The summed E-state index contributed by atoms with van der Waals surface area (Å²) in [4.78, 5) is 2.04. The molecule has 0 saturated heterocycles. The van der Waals surface area contributed by atoms with Crippen LogP contribution in [0.2, 0.25) is 0 Å². The van der Waals surface area contributed by atoms with Crippen LogP contribution in [0.4, 0.5) is 10.1 Å². The largest absolute Gasteiger partial charge is 0.399 e. The number of halogens is 1. The van der Waals surface area contributed by atoms with Crippen molar-refractivity contribution in [3.63, 3.8) is 0 Å². The summed E-state index contributed by atoms with van der Waals surface area (Å²) >= 11 is 0. The van der Waals surface area contributed by atoms with Gasteiger partial charge in [-0.3, -0.25) is 4.90 Å². The van der Waals surface area contributed by atoms with E-state index in [2.05, 4.69) is 0 Å². The van der Waals surface area contributed by atoms with Crippen molar-refractivity contribution in [3.8, 4) is 0 Å². The fourth-order valence-corrected chi connectivity index (χ4v) is 1.48. The SMILES string of the molecule is COCC(C)N(C)Cc1ccc(N)cc1F. The van der Waals surface area contributed by atoms with Crippen molar-refractivity contribution in [2.45, 2.75) is 19.5 Å². The summed E-state index contributed by atoms with van der Waals surface area (Å²) in [7, 11) is 3.60. The van der Waals surface area contributed by atoms with Crippen molar-refractivity contribution in [2.75, 3.05) is 26.5 Å². The van der Waals surface area contributed by atoms with E-state index in [0.717, 1.165) is 0 Å². The zero-order valence-corrected chi connectivity index (χ0v) is 10.0. The second-order valence-corrected chi connectivity index (χ2v) is 4.07. The first-order chi connectivity index (χ1) is 7.54. The smallest absolute Gasteiger partial charge is 0.129 e. The Morgan fingerprint density at radius 2 is 2.19 bits per heavy atom. The lowest BCUT2D eigenvalue weighted by Gasteiger charge is -2.24. The number of benzene rings is 1. The normalized spacial score (nSPS) is 13.1. The molecule has 0 radical (unpaired) electrons. The van der Waals surface area contributed by atoms with Crippen LogP contribution in [0.15, 0.2) is 18.2 Å². The number of ether oxygens (including phenoxy) is 1. The summed E-state index contributed by atoms with van der Waals surface area (Å²) in [6.07, 6.45) is 0. The number of nitrogen functional groups attached to an aromatic ring is 1. The molecule has 0 aromatic heterocycles. The molecular formula is C12H19FN2O. The summed E-state index contributed by atoms with van der Waals surface area (Å²) in [6, 6.07) is 5.04. The number of anilines is 1. The Bertz CT molecular complexity index is 344. The van der Waals surface area contributed by atoms with E-state index < -0.39 is 0 Å². The van der Waals surface area contributed by atoms with Crippen LogP contribution < -0.4 is 5.73 Å². The van der Waals surface area contributed by atoms with Gasteiger partial charge >= 0.3 is 0 Å². The summed E-state index contributed by atoms with van der Waals surface area (Å²) in [5, 5.41) is 0. The molecule has 0 amide bonds. The molecule has 0 bridgehead atoms. The van der Waals surface area contributed by atoms with E-state index in [-0.39, 0.29) is 11.9 Å². The maximum absolute atomic E-state index is 13.5. The standard InChI is InChI=1S/C12H19FN2O/c1-9(8-16-3)15(2)7-10-4-5-11(14)6-12(10)13/h4-6,9H,7-8,14H2,1-3H3. The maximum Gasteiger partial charge on any atom is 0.129 e. The van der Waals surface area contributed by atoms with Gasteiger partial charge in [-0.25, -0.2) is 4.39 Å². The fraction of sp³-hybridized carbons (Fsp3) is 0.500. The highest BCUT2D eigenvalue weighted by Gasteiger charge is 2.11. The average molecular weight is 226 g/mol. The van der Waals surface area contributed by atoms with Crippen molar-refractivity contribution in [3.05, 3.63) is 29.6 Å². The van der Waals surface area contributed by atoms with Gasteiger partial charge in [0.1, 0.15) is 5.82 Å². The molecule has 0 aliphatic rings. The van der Waals surface area contributed by atoms with Crippen LogP contribution in [0.3, 0.4) is 0 Å². The number of likely N-dealkylation sites (N-methyl/N-ethyl adjacent to an activating group) is 1. The van der Waals surface area contributed by atoms with Crippen LogP contribution >= 0.6 is 0 Å². The highest BCUT2D eigenvalue weighted by Crippen LogP contribution is 2.14. The quantitative estimate of drug-likeness (QED) is 0.779. The topological polar surface area (TPSA) is 38.5 Å². The molecule has 1 atom stereocenters. The van der Waals surface area contributed by atoms with Crippen LogP contribution in [-0.2, 0) is 11.3 Å². The zero-order valence-electron chi connectivity index (χ0n) is 10.0. The van der Waals surface area contributed by atoms with Gasteiger partial charge in [-0.15, -0.1) is 0 Å². The first-order valence-corrected chi connectivity index (χ1v) is 5.27. The van der Waals surface area contributed by atoms with Crippen molar-refractivity contribution in [2.24, 2.45) is 0 Å². The van der Waals surface area contributed by atoms with E-state index in [9.17, 15) is 4.39 Å². The van der Waals surface area contributed by atoms with E-state index in [1.807, 2.05) is 18.9 Å². The number of methoxy groups -OCH3 is 1. The summed E-state index contributed by atoms with van der Waals surface area (Å²) in [6.45, 7) is 3.22. The number of rotatable bonds is 5. The van der Waals surface area contributed by atoms with Gasteiger partial charge in [-0.1, -0.05) is 6.07 Å². The molecule has 1 rings (SSSR count). The molecule has 16 heavy (non-hydrogen) atoms. The summed E-state index contributed by atoms with van der Waals surface area (Å²) in [5.74, 6) is -0.253. The van der Waals surface area contributed by atoms with Gasteiger partial charge in [0.05, 0.1) is 6.61 Å². The summed E-state index contributed by atoms with van der Waals surface area (Å²) < 4.78 is 18.6. The lowest BCUT2D eigenvalue weighted by Crippen LogP contribution is -2.32. The molecule has 1 unspecified atom stereocenters. The van der Waals surface area contributed by atoms with Gasteiger partial charge in [0.15, 0.2) is 0 Å². The number of hydrogen-bond acceptors (Lipinski definition) is 3. The van der Waals surface area contributed by atoms with Crippen molar-refractivity contribution in [1.29, 1.82) is 0 Å². The Balaban J connectivity index is 2.65. The third-order valence-electron chi connectivity index (χ3n) is 2.66. The minimum atomic E-state index is -0.253. The average Bonchev–Trinajstić information content (AvgIpc) is 2.22. The fourth-order valence-electron chi connectivity index (χ4n) is 1.48. The minimum Gasteiger partial charge on any atom is -0.399 e. The first-order valence-electron chi connectivity index (χ1n) is 5.27. The van der Waals surface area contributed by atoms with Gasteiger partial charge in [-0.2, -0.15) is 0 Å². The molecule has 90 valence electrons. The second-order valence-electron chi connectivity index (χ2n) is 4.07. The monoisotopic (exact) mass is 226 g/mol. The molecule has 0 heterocycles. The number of hydrogen-bond donors (Lipinski definition) is 1. The molecule has 0 spiro atoms. The lowest BCUT2D eigenvalue weighted by molar-refractivity contribution is 0.111. The molecule has 1 aromatic rings. The van der Waals surface area contributed by atoms with Gasteiger partial charge in [0.25, 0.3) is 0 Å². The van der Waals surface area contributed by atoms with E-state index in [4.69, 9.17) is 10.5 Å². The second kappa shape index (κ2) is 5.82. The molecule has 0 saturated carbocycles. The van der Waals surface area contributed by atoms with E-state index in [1.165, 1.54) is 6.07 Å². The van der Waals surface area contributed by atoms with Gasteiger partial charge < -0.3 is 10.5 Å². The predicted molar refractivity (Wildman–Crippen MR) is 63.6 cm³/mol. The van der Waals surface area contributed by atoms with E-state index >= 15 is 0 Å². The lowest BCUT2D eigenvalue weighted by atomic mass is 10.1. The highest BCUT2D eigenvalue weighted by molar-refractivity contribution is 5.40. The minimum absolute atomic E-state index is 0.252. The molecule has 0 fully saturated rings. The molecule has 2 N–H and O–H groups in total. The van der Waals surface area contributed by atoms with Crippen LogP contribution in [0.1, 0.15) is 12.5 Å². The summed E-state index contributed by atoms with van der Waals surface area (Å²) in [5.41, 5.74) is 6.60. The number of nitrogens with two attached hydrogens (primary N) is 1. The third kappa shape index (κ3) is 3.47. The number of nitrogens with zero attached hydrogens (tertiary/aromatic N) is 1. The van der Waals surface area contributed by atoms with Crippen LogP contribution in [-0.4, -0.2) is 31.7 Å². The zero-order chi connectivity index (χ0) is 12.1. The van der Waals surface area contributed by atoms with Crippen LogP contribution in [0.5, 0.6) is 0 Å². The van der Waals surface area contributed by atoms with Crippen LogP contribution in [0.25, 0.3) is 0 Å². The Morgan fingerprint density at radius 3 is 2.75 bits per heavy atom. The van der Waals surface area contributed by atoms with Crippen LogP contribution in [0, 0.1) is 5.82 Å². The Morgan fingerprint density at radius 1 is 1.50 bits per heavy atom. The third-order valence-corrected chi connectivity index (χ3v) is 2.66. The molecule has 0 aliphatic carbocycles. The molecule has 4 heteroatoms. The Kier molecular flexibility index (Phi) is 4.71. The molecule has 0 aliphatic heterocycles. The Hall–Kier alpha value is -1.13. The van der Waals surface area contributed by atoms with Gasteiger partial charge in [-0.05, 0) is 26.1 Å². The Labute approximate surface area is 96.0 Å². The van der Waals surface area contributed by atoms with Crippen molar-refractivity contribution >= 4 is 5.69 Å². The highest BCUT2D eigenvalue weighted by atomic mass is 19.1. The first kappa shape index (κ1) is 12.9.